The number of carbonyl (C=O) groups excluding carboxylic acids is 1. The molecule has 1 atom stereocenters. The summed E-state index contributed by atoms with van der Waals surface area (Å²) in [5.41, 5.74) is 2.67. The van der Waals surface area contributed by atoms with Crippen LogP contribution < -0.4 is 4.72 Å². The second-order valence-corrected chi connectivity index (χ2v) is 9.40. The van der Waals surface area contributed by atoms with Crippen LogP contribution in [0.5, 0.6) is 0 Å². The van der Waals surface area contributed by atoms with Crippen molar-refractivity contribution >= 4 is 29.2 Å². The minimum absolute atomic E-state index is 0.0361. The number of rotatable bonds is 8. The number of thiazole rings is 1. The van der Waals surface area contributed by atoms with Crippen LogP contribution in [0.15, 0.2) is 22.7 Å². The first-order chi connectivity index (χ1) is 12.7. The van der Waals surface area contributed by atoms with Crippen molar-refractivity contribution in [2.75, 3.05) is 6.61 Å². The first-order valence-corrected chi connectivity index (χ1v) is 10.7. The molecule has 148 valence electrons. The van der Waals surface area contributed by atoms with Gasteiger partial charge in [-0.05, 0) is 40.7 Å². The fourth-order valence-electron chi connectivity index (χ4n) is 2.85. The highest BCUT2D eigenvalue weighted by Crippen LogP contribution is 2.30. The lowest BCUT2D eigenvalue weighted by atomic mass is 9.87. The van der Waals surface area contributed by atoms with Crippen molar-refractivity contribution in [3.8, 4) is 0 Å². The number of halogens is 1. The molecule has 0 radical (unpaired) electrons. The Morgan fingerprint density at radius 1 is 1.22 bits per heavy atom. The third-order valence-corrected chi connectivity index (χ3v) is 6.51. The number of hydrogen-bond acceptors (Lipinski definition) is 5. The van der Waals surface area contributed by atoms with Gasteiger partial charge in [-0.1, -0.05) is 34.6 Å². The smallest absolute Gasteiger partial charge is 0.234 e. The molecule has 1 heterocycles. The van der Waals surface area contributed by atoms with Gasteiger partial charge in [0.15, 0.2) is 4.34 Å². The molecule has 2 aromatic rings. The van der Waals surface area contributed by atoms with E-state index in [1.807, 2.05) is 34.6 Å². The first kappa shape index (κ1) is 21.9. The molecule has 0 bridgehead atoms. The number of amides is 1. The molecule has 0 aliphatic rings. The number of carbonyl (C=O) groups is 1. The molecule has 2 rings (SSSR count). The number of benzene rings is 1. The van der Waals surface area contributed by atoms with Crippen LogP contribution in [-0.2, 0) is 11.2 Å². The SMILES string of the molecule is CC(C)c1cc(F)cc(C(C)C)c1CC(=O)NSc1ncc(C(C)CO)s1. The Hall–Kier alpha value is -1.44. The van der Waals surface area contributed by atoms with E-state index in [9.17, 15) is 14.3 Å². The average molecular weight is 411 g/mol. The van der Waals surface area contributed by atoms with Crippen molar-refractivity contribution in [3.63, 3.8) is 0 Å². The van der Waals surface area contributed by atoms with Crippen LogP contribution in [0, 0.1) is 5.82 Å². The molecule has 0 spiro atoms. The van der Waals surface area contributed by atoms with E-state index in [1.54, 1.807) is 6.20 Å². The number of aliphatic hydroxyl groups is 1. The number of hydrogen-bond donors (Lipinski definition) is 2. The Labute approximate surface area is 168 Å². The van der Waals surface area contributed by atoms with Gasteiger partial charge < -0.3 is 5.11 Å². The molecule has 1 aromatic heterocycles. The van der Waals surface area contributed by atoms with Crippen molar-refractivity contribution in [3.05, 3.63) is 45.7 Å². The second kappa shape index (κ2) is 9.66. The summed E-state index contributed by atoms with van der Waals surface area (Å²) >= 11 is 2.64. The fraction of sp³-hybridized carbons (Fsp3) is 0.500. The second-order valence-electron chi connectivity index (χ2n) is 7.29. The summed E-state index contributed by atoms with van der Waals surface area (Å²) in [6.07, 6.45) is 1.94. The Morgan fingerprint density at radius 3 is 2.33 bits per heavy atom. The Morgan fingerprint density at radius 2 is 1.81 bits per heavy atom. The highest BCUT2D eigenvalue weighted by atomic mass is 32.2. The van der Waals surface area contributed by atoms with Gasteiger partial charge in [-0.3, -0.25) is 9.52 Å². The van der Waals surface area contributed by atoms with Crippen LogP contribution in [0.25, 0.3) is 0 Å². The molecule has 7 heteroatoms. The van der Waals surface area contributed by atoms with Crippen LogP contribution in [0.3, 0.4) is 0 Å². The lowest BCUT2D eigenvalue weighted by molar-refractivity contribution is -0.118. The van der Waals surface area contributed by atoms with Crippen molar-refractivity contribution in [1.29, 1.82) is 0 Å². The summed E-state index contributed by atoms with van der Waals surface area (Å²) in [4.78, 5) is 17.8. The maximum Gasteiger partial charge on any atom is 0.234 e. The topological polar surface area (TPSA) is 62.2 Å². The van der Waals surface area contributed by atoms with E-state index >= 15 is 0 Å². The summed E-state index contributed by atoms with van der Waals surface area (Å²) in [6.45, 7) is 10.0. The standard InChI is InChI=1S/C20H27FN2O2S2/c1-11(2)15-6-14(21)7-16(12(3)4)17(15)8-19(25)23-27-20-22-9-18(26-20)13(5)10-24/h6-7,9,11-13,24H,8,10H2,1-5H3,(H,23,25). The van der Waals surface area contributed by atoms with Gasteiger partial charge in [-0.25, -0.2) is 9.37 Å². The van der Waals surface area contributed by atoms with Crippen molar-refractivity contribution < 1.29 is 14.3 Å². The highest BCUT2D eigenvalue weighted by Gasteiger charge is 2.19. The minimum Gasteiger partial charge on any atom is -0.396 e. The predicted octanol–water partition coefficient (Wildman–Crippen LogP) is 4.99. The van der Waals surface area contributed by atoms with Gasteiger partial charge in [-0.2, -0.15) is 0 Å². The molecule has 1 aromatic carbocycles. The van der Waals surface area contributed by atoms with Gasteiger partial charge in [0.05, 0.1) is 13.0 Å². The molecule has 1 amide bonds. The van der Waals surface area contributed by atoms with E-state index in [1.165, 1.54) is 35.4 Å². The molecular weight excluding hydrogens is 383 g/mol. The van der Waals surface area contributed by atoms with Gasteiger partial charge in [0.2, 0.25) is 5.91 Å². The van der Waals surface area contributed by atoms with Gasteiger partial charge in [0, 0.05) is 28.9 Å². The molecule has 27 heavy (non-hydrogen) atoms. The van der Waals surface area contributed by atoms with E-state index in [0.29, 0.717) is 0 Å². The third kappa shape index (κ3) is 5.77. The molecule has 0 saturated heterocycles. The number of nitrogens with one attached hydrogen (secondary N) is 1. The fourth-order valence-corrected chi connectivity index (χ4v) is 4.49. The maximum absolute atomic E-state index is 14.0. The van der Waals surface area contributed by atoms with E-state index < -0.39 is 0 Å². The Bertz CT molecular complexity index is 761. The first-order valence-electron chi connectivity index (χ1n) is 9.07. The minimum atomic E-state index is -0.255. The van der Waals surface area contributed by atoms with Crippen molar-refractivity contribution in [2.45, 2.75) is 63.1 Å². The van der Waals surface area contributed by atoms with E-state index in [0.717, 1.165) is 25.9 Å². The highest BCUT2D eigenvalue weighted by molar-refractivity contribution is 7.99. The largest absolute Gasteiger partial charge is 0.396 e. The summed E-state index contributed by atoms with van der Waals surface area (Å²) in [6, 6.07) is 3.07. The molecule has 2 N–H and O–H groups in total. The molecule has 0 aliphatic carbocycles. The molecule has 0 fully saturated rings. The zero-order chi connectivity index (χ0) is 20.1. The van der Waals surface area contributed by atoms with Gasteiger partial charge in [-0.15, -0.1) is 11.3 Å². The lowest BCUT2D eigenvalue weighted by Gasteiger charge is -2.19. The van der Waals surface area contributed by atoms with Crippen LogP contribution in [0.1, 0.15) is 73.9 Å². The van der Waals surface area contributed by atoms with Crippen LogP contribution in [0.2, 0.25) is 0 Å². The third-order valence-electron chi connectivity index (χ3n) is 4.38. The lowest BCUT2D eigenvalue weighted by Crippen LogP contribution is -2.20. The van der Waals surface area contributed by atoms with E-state index in [2.05, 4.69) is 9.71 Å². The number of nitrogens with zero attached hydrogens (tertiary/aromatic N) is 1. The summed E-state index contributed by atoms with van der Waals surface area (Å²) < 4.78 is 17.6. The van der Waals surface area contributed by atoms with Crippen molar-refractivity contribution in [2.24, 2.45) is 0 Å². The van der Waals surface area contributed by atoms with Gasteiger partial charge in [0.1, 0.15) is 5.82 Å². The average Bonchev–Trinajstić information content (AvgIpc) is 3.09. The zero-order valence-corrected chi connectivity index (χ0v) is 18.0. The summed E-state index contributed by atoms with van der Waals surface area (Å²) in [5.74, 6) is -0.0872. The molecule has 1 unspecified atom stereocenters. The van der Waals surface area contributed by atoms with E-state index in [-0.39, 0.29) is 42.5 Å². The summed E-state index contributed by atoms with van der Waals surface area (Å²) in [7, 11) is 0. The quantitative estimate of drug-likeness (QED) is 0.602. The van der Waals surface area contributed by atoms with Gasteiger partial charge >= 0.3 is 0 Å². The van der Waals surface area contributed by atoms with Gasteiger partial charge in [0.25, 0.3) is 0 Å². The van der Waals surface area contributed by atoms with Crippen LogP contribution >= 0.6 is 23.3 Å². The number of aromatic nitrogens is 1. The maximum atomic E-state index is 14.0. The molecule has 0 saturated carbocycles. The normalized spacial score (nSPS) is 12.6. The zero-order valence-electron chi connectivity index (χ0n) is 16.4. The van der Waals surface area contributed by atoms with Crippen molar-refractivity contribution in [1.82, 2.24) is 9.71 Å². The monoisotopic (exact) mass is 410 g/mol. The molecular formula is C20H27FN2O2S2. The Kier molecular flexibility index (Phi) is 7.82. The predicted molar refractivity (Wildman–Crippen MR) is 110 cm³/mol. The van der Waals surface area contributed by atoms with E-state index in [4.69, 9.17) is 0 Å². The Balaban J connectivity index is 2.12. The molecule has 0 aliphatic heterocycles. The van der Waals surface area contributed by atoms with Crippen LogP contribution in [-0.4, -0.2) is 22.6 Å². The van der Waals surface area contributed by atoms with Crippen LogP contribution in [0.4, 0.5) is 4.39 Å². The summed E-state index contributed by atoms with van der Waals surface area (Å²) in [5, 5.41) is 9.22. The molecule has 4 nitrogen and oxygen atoms in total. The number of aliphatic hydroxyl groups excluding tert-OH is 1.